The van der Waals surface area contributed by atoms with Gasteiger partial charge in [-0.1, -0.05) is 30.3 Å². The molecule has 0 aliphatic carbocycles. The summed E-state index contributed by atoms with van der Waals surface area (Å²) in [4.78, 5) is 37.5. The van der Waals surface area contributed by atoms with Gasteiger partial charge in [0.15, 0.2) is 0 Å². The van der Waals surface area contributed by atoms with E-state index in [-0.39, 0.29) is 12.5 Å². The summed E-state index contributed by atoms with van der Waals surface area (Å²) < 4.78 is 44.8. The smallest absolute Gasteiger partial charge is 0.383 e. The van der Waals surface area contributed by atoms with Crippen LogP contribution in [0.2, 0.25) is 0 Å². The van der Waals surface area contributed by atoms with Gasteiger partial charge in [0.1, 0.15) is 0 Å². The summed E-state index contributed by atoms with van der Waals surface area (Å²) in [6, 6.07) is 22.3. The molecule has 270 valence electrons. The van der Waals surface area contributed by atoms with Crippen LogP contribution in [0.4, 0.5) is 18.9 Å². The summed E-state index contributed by atoms with van der Waals surface area (Å²) in [5.41, 5.74) is 5.07. The number of ether oxygens (including phenoxy) is 1. The van der Waals surface area contributed by atoms with Gasteiger partial charge in [0.2, 0.25) is 0 Å². The molecule has 5 rings (SSSR count). The molecule has 0 radical (unpaired) electrons. The molecule has 51 heavy (non-hydrogen) atoms. The van der Waals surface area contributed by atoms with Gasteiger partial charge in [-0.05, 0) is 98.0 Å². The standard InChI is InChI=1S/C40H46F3N5O3/c1-46(21-22-51-3)19-20-47(2)39(50)33-11-7-9-29(24-33)23-31-13-14-35(48-17-5-4-6-18-48)27-36(31)37-26-32(15-16-44-37)38(49)45-28-30-10-8-12-34(25-30)40(41,42)43/h7-16,24-27H,4-6,17-23,28H2,1-3H3,(H,45,49). The Balaban J connectivity index is 1.37. The first-order valence-electron chi connectivity index (χ1n) is 17.3. The van der Waals surface area contributed by atoms with Crippen molar-refractivity contribution >= 4 is 17.5 Å². The van der Waals surface area contributed by atoms with Crippen LogP contribution in [0.15, 0.2) is 85.1 Å². The molecule has 2 amide bonds. The quantitative estimate of drug-likeness (QED) is 0.154. The number of halogens is 3. The molecule has 1 saturated heterocycles. The Labute approximate surface area is 298 Å². The molecule has 2 heterocycles. The maximum Gasteiger partial charge on any atom is 0.416 e. The summed E-state index contributed by atoms with van der Waals surface area (Å²) >= 11 is 0. The Morgan fingerprint density at radius 2 is 1.63 bits per heavy atom. The van der Waals surface area contributed by atoms with Crippen LogP contribution >= 0.6 is 0 Å². The third kappa shape index (κ3) is 10.4. The molecule has 1 aliphatic heterocycles. The van der Waals surface area contributed by atoms with Crippen LogP contribution in [0.25, 0.3) is 11.3 Å². The number of nitrogens with zero attached hydrogens (tertiary/aromatic N) is 4. The largest absolute Gasteiger partial charge is 0.416 e. The van der Waals surface area contributed by atoms with Crippen LogP contribution < -0.4 is 10.2 Å². The number of anilines is 1. The van der Waals surface area contributed by atoms with Crippen LogP contribution in [0.1, 0.15) is 62.2 Å². The molecule has 4 aromatic rings. The van der Waals surface area contributed by atoms with Crippen molar-refractivity contribution in [3.8, 4) is 11.3 Å². The number of aromatic nitrogens is 1. The van der Waals surface area contributed by atoms with Crippen LogP contribution in [-0.2, 0) is 23.9 Å². The molecule has 1 aromatic heterocycles. The minimum Gasteiger partial charge on any atom is -0.383 e. The number of pyridine rings is 1. The molecule has 1 fully saturated rings. The summed E-state index contributed by atoms with van der Waals surface area (Å²) in [5, 5.41) is 2.75. The van der Waals surface area contributed by atoms with Crippen molar-refractivity contribution in [2.24, 2.45) is 0 Å². The van der Waals surface area contributed by atoms with E-state index in [1.165, 1.54) is 12.5 Å². The number of nitrogens with one attached hydrogen (secondary N) is 1. The number of likely N-dealkylation sites (N-methyl/N-ethyl adjacent to an activating group) is 2. The highest BCUT2D eigenvalue weighted by Crippen LogP contribution is 2.32. The van der Waals surface area contributed by atoms with E-state index < -0.39 is 17.6 Å². The molecule has 0 spiro atoms. The highest BCUT2D eigenvalue weighted by Gasteiger charge is 2.30. The molecule has 8 nitrogen and oxygen atoms in total. The van der Waals surface area contributed by atoms with Crippen LogP contribution in [0.5, 0.6) is 0 Å². The minimum absolute atomic E-state index is 0.0507. The first kappa shape index (κ1) is 37.5. The molecule has 0 unspecified atom stereocenters. The number of alkyl halides is 3. The van der Waals surface area contributed by atoms with Gasteiger partial charge in [0.05, 0.1) is 17.9 Å². The van der Waals surface area contributed by atoms with Gasteiger partial charge >= 0.3 is 6.18 Å². The number of hydrogen-bond donors (Lipinski definition) is 1. The average Bonchev–Trinajstić information content (AvgIpc) is 3.15. The van der Waals surface area contributed by atoms with Crippen molar-refractivity contribution in [1.82, 2.24) is 20.1 Å². The summed E-state index contributed by atoms with van der Waals surface area (Å²) in [6.07, 6.45) is 1.09. The lowest BCUT2D eigenvalue weighted by Crippen LogP contribution is -2.35. The normalized spacial score (nSPS) is 13.4. The van der Waals surface area contributed by atoms with Gasteiger partial charge in [-0.15, -0.1) is 0 Å². The maximum absolute atomic E-state index is 13.4. The van der Waals surface area contributed by atoms with E-state index in [9.17, 15) is 22.8 Å². The monoisotopic (exact) mass is 701 g/mol. The fourth-order valence-corrected chi connectivity index (χ4v) is 6.20. The lowest BCUT2D eigenvalue weighted by molar-refractivity contribution is -0.137. The molecule has 3 aromatic carbocycles. The third-order valence-corrected chi connectivity index (χ3v) is 9.23. The van der Waals surface area contributed by atoms with Crippen molar-refractivity contribution in [2.45, 2.75) is 38.4 Å². The van der Waals surface area contributed by atoms with Crippen molar-refractivity contribution in [3.05, 3.63) is 118 Å². The Morgan fingerprint density at radius 3 is 2.39 bits per heavy atom. The third-order valence-electron chi connectivity index (χ3n) is 9.23. The van der Waals surface area contributed by atoms with Gasteiger partial charge in [0.25, 0.3) is 11.8 Å². The predicted octanol–water partition coefficient (Wildman–Crippen LogP) is 6.93. The van der Waals surface area contributed by atoms with Gasteiger partial charge < -0.3 is 24.8 Å². The Kier molecular flexibility index (Phi) is 12.8. The van der Waals surface area contributed by atoms with Crippen molar-refractivity contribution in [1.29, 1.82) is 0 Å². The fourth-order valence-electron chi connectivity index (χ4n) is 6.20. The van der Waals surface area contributed by atoms with Gasteiger partial charge in [-0.3, -0.25) is 14.6 Å². The Morgan fingerprint density at radius 1 is 0.863 bits per heavy atom. The second-order valence-electron chi connectivity index (χ2n) is 13.1. The number of amides is 2. The van der Waals surface area contributed by atoms with Crippen LogP contribution in [0.3, 0.4) is 0 Å². The zero-order chi connectivity index (χ0) is 36.4. The maximum atomic E-state index is 13.4. The highest BCUT2D eigenvalue weighted by atomic mass is 19.4. The van der Waals surface area contributed by atoms with E-state index in [2.05, 4.69) is 38.3 Å². The molecule has 0 atom stereocenters. The number of carbonyl (C=O) groups excluding carboxylic acids is 2. The van der Waals surface area contributed by atoms with E-state index in [1.54, 1.807) is 36.4 Å². The van der Waals surface area contributed by atoms with E-state index in [1.807, 2.05) is 38.4 Å². The van der Waals surface area contributed by atoms with E-state index >= 15 is 0 Å². The highest BCUT2D eigenvalue weighted by molar-refractivity contribution is 5.95. The number of carbonyl (C=O) groups is 2. The van der Waals surface area contributed by atoms with Crippen molar-refractivity contribution in [3.63, 3.8) is 0 Å². The minimum atomic E-state index is -4.46. The second-order valence-corrected chi connectivity index (χ2v) is 13.1. The summed E-state index contributed by atoms with van der Waals surface area (Å²) in [7, 11) is 5.49. The molecule has 11 heteroatoms. The lowest BCUT2D eigenvalue weighted by atomic mass is 9.94. The Bertz CT molecular complexity index is 1790. The van der Waals surface area contributed by atoms with Crippen LogP contribution in [0, 0.1) is 0 Å². The fraction of sp³-hybridized carbons (Fsp3) is 0.375. The van der Waals surface area contributed by atoms with E-state index in [0.29, 0.717) is 42.0 Å². The van der Waals surface area contributed by atoms with Gasteiger partial charge in [-0.25, -0.2) is 0 Å². The zero-order valence-corrected chi connectivity index (χ0v) is 29.5. The predicted molar refractivity (Wildman–Crippen MR) is 194 cm³/mol. The lowest BCUT2D eigenvalue weighted by Gasteiger charge is -2.29. The summed E-state index contributed by atoms with van der Waals surface area (Å²) in [5.74, 6) is -0.465. The summed E-state index contributed by atoms with van der Waals surface area (Å²) in [6.45, 7) is 4.61. The number of benzene rings is 3. The van der Waals surface area contributed by atoms with Gasteiger partial charge in [-0.2, -0.15) is 13.2 Å². The molecule has 0 bridgehead atoms. The van der Waals surface area contributed by atoms with Gasteiger partial charge in [0, 0.05) is 82.0 Å². The van der Waals surface area contributed by atoms with Crippen LogP contribution in [-0.4, -0.2) is 87.1 Å². The topological polar surface area (TPSA) is 78.0 Å². The molecular formula is C40H46F3N5O3. The number of piperidine rings is 1. The zero-order valence-electron chi connectivity index (χ0n) is 29.5. The van der Waals surface area contributed by atoms with Crippen molar-refractivity contribution in [2.75, 3.05) is 65.4 Å². The molecule has 1 aliphatic rings. The number of hydrogen-bond acceptors (Lipinski definition) is 6. The number of rotatable bonds is 14. The SMILES string of the molecule is COCCN(C)CCN(C)C(=O)c1cccc(Cc2ccc(N3CCCCC3)cc2-c2cc(C(=O)NCc3cccc(C(F)(F)F)c3)ccn2)c1. The Hall–Kier alpha value is -4.74. The molecular weight excluding hydrogens is 655 g/mol. The van der Waals surface area contributed by atoms with E-state index in [0.717, 1.165) is 73.5 Å². The molecule has 1 N–H and O–H groups in total. The first-order chi connectivity index (χ1) is 24.5. The van der Waals surface area contributed by atoms with E-state index in [4.69, 9.17) is 4.74 Å². The average molecular weight is 702 g/mol. The second kappa shape index (κ2) is 17.5. The van der Waals surface area contributed by atoms with Crippen molar-refractivity contribution < 1.29 is 27.5 Å². The first-order valence-corrected chi connectivity index (χ1v) is 17.3. The molecule has 0 saturated carbocycles. The number of methoxy groups -OCH3 is 1.